The summed E-state index contributed by atoms with van der Waals surface area (Å²) in [5.41, 5.74) is 0.586. The summed E-state index contributed by atoms with van der Waals surface area (Å²) in [7, 11) is 1.58. The Morgan fingerprint density at radius 1 is 1.56 bits per heavy atom. The van der Waals surface area contributed by atoms with Crippen LogP contribution in [0.15, 0.2) is 22.7 Å². The van der Waals surface area contributed by atoms with Crippen molar-refractivity contribution in [1.82, 2.24) is 5.32 Å². The third-order valence-electron chi connectivity index (χ3n) is 3.17. The molecule has 1 saturated carbocycles. The molecule has 18 heavy (non-hydrogen) atoms. The number of carbonyl (C=O) groups is 1. The normalized spacial score (nSPS) is 16.2. The molecule has 1 aromatic rings. The number of hydrogen-bond donors (Lipinski definition) is 1. The van der Waals surface area contributed by atoms with E-state index >= 15 is 0 Å². The Hall–Kier alpha value is -1.03. The second-order valence-corrected chi connectivity index (χ2v) is 5.81. The molecular formula is C14H18BrNO2. The number of amides is 1. The number of nitrogens with one attached hydrogen (secondary N) is 1. The highest BCUT2D eigenvalue weighted by Crippen LogP contribution is 2.33. The van der Waals surface area contributed by atoms with Gasteiger partial charge in [0.15, 0.2) is 0 Å². The largest absolute Gasteiger partial charge is 0.496 e. The standard InChI is InChI=1S/C14H18BrNO2/c1-9(7-10-3-4-10)16-14(17)12-6-5-11(15)8-13(12)18-2/h5-6,8-10H,3-4,7H2,1-2H3,(H,16,17). The van der Waals surface area contributed by atoms with E-state index in [-0.39, 0.29) is 11.9 Å². The van der Waals surface area contributed by atoms with E-state index in [2.05, 4.69) is 28.2 Å². The Bertz CT molecular complexity index is 443. The maximum absolute atomic E-state index is 12.1. The van der Waals surface area contributed by atoms with E-state index in [1.54, 1.807) is 19.2 Å². The number of halogens is 1. The summed E-state index contributed by atoms with van der Waals surface area (Å²) in [6, 6.07) is 5.66. The molecule has 1 amide bonds. The highest BCUT2D eigenvalue weighted by atomic mass is 79.9. The van der Waals surface area contributed by atoms with Gasteiger partial charge in [-0.15, -0.1) is 0 Å². The van der Waals surface area contributed by atoms with E-state index in [1.165, 1.54) is 12.8 Å². The summed E-state index contributed by atoms with van der Waals surface area (Å²) in [4.78, 5) is 12.1. The minimum absolute atomic E-state index is 0.0625. The third-order valence-corrected chi connectivity index (χ3v) is 3.66. The molecule has 1 unspecified atom stereocenters. The fraction of sp³-hybridized carbons (Fsp3) is 0.500. The van der Waals surface area contributed by atoms with E-state index in [9.17, 15) is 4.79 Å². The van der Waals surface area contributed by atoms with Gasteiger partial charge in [-0.3, -0.25) is 4.79 Å². The van der Waals surface area contributed by atoms with Crippen LogP contribution in [0.2, 0.25) is 0 Å². The van der Waals surface area contributed by atoms with Crippen LogP contribution in [0.1, 0.15) is 36.5 Å². The predicted octanol–water partition coefficient (Wildman–Crippen LogP) is 3.38. The molecule has 0 heterocycles. The van der Waals surface area contributed by atoms with E-state index in [1.807, 2.05) is 6.07 Å². The summed E-state index contributed by atoms with van der Waals surface area (Å²) in [6.45, 7) is 2.06. The van der Waals surface area contributed by atoms with Crippen LogP contribution in [0.25, 0.3) is 0 Å². The average molecular weight is 312 g/mol. The molecule has 98 valence electrons. The Kier molecular flexibility index (Phi) is 4.27. The first-order chi connectivity index (χ1) is 8.60. The van der Waals surface area contributed by atoms with Gasteiger partial charge >= 0.3 is 0 Å². The summed E-state index contributed by atoms with van der Waals surface area (Å²) in [5.74, 6) is 1.35. The van der Waals surface area contributed by atoms with Gasteiger partial charge in [-0.1, -0.05) is 28.8 Å². The molecule has 0 aromatic heterocycles. The lowest BCUT2D eigenvalue weighted by molar-refractivity contribution is 0.0934. The van der Waals surface area contributed by atoms with Crippen LogP contribution in [-0.2, 0) is 0 Å². The van der Waals surface area contributed by atoms with Crippen molar-refractivity contribution in [3.8, 4) is 5.75 Å². The monoisotopic (exact) mass is 311 g/mol. The molecular weight excluding hydrogens is 294 g/mol. The molecule has 1 aromatic carbocycles. The minimum atomic E-state index is -0.0625. The molecule has 4 heteroatoms. The van der Waals surface area contributed by atoms with E-state index < -0.39 is 0 Å². The van der Waals surface area contributed by atoms with Gasteiger partial charge in [-0.05, 0) is 37.5 Å². The van der Waals surface area contributed by atoms with Crippen molar-refractivity contribution in [2.24, 2.45) is 5.92 Å². The molecule has 1 aliphatic carbocycles. The maximum Gasteiger partial charge on any atom is 0.255 e. The fourth-order valence-corrected chi connectivity index (χ4v) is 2.41. The molecule has 0 radical (unpaired) electrons. The zero-order valence-corrected chi connectivity index (χ0v) is 12.3. The number of ether oxygens (including phenoxy) is 1. The van der Waals surface area contributed by atoms with Crippen LogP contribution in [0.4, 0.5) is 0 Å². The van der Waals surface area contributed by atoms with Crippen molar-refractivity contribution in [3.63, 3.8) is 0 Å². The van der Waals surface area contributed by atoms with Crippen molar-refractivity contribution in [2.45, 2.75) is 32.2 Å². The quantitative estimate of drug-likeness (QED) is 0.905. The fourth-order valence-electron chi connectivity index (χ4n) is 2.07. The van der Waals surface area contributed by atoms with Gasteiger partial charge in [0.25, 0.3) is 5.91 Å². The highest BCUT2D eigenvalue weighted by molar-refractivity contribution is 9.10. The Balaban J connectivity index is 2.02. The van der Waals surface area contributed by atoms with Crippen LogP contribution >= 0.6 is 15.9 Å². The van der Waals surface area contributed by atoms with Gasteiger partial charge in [0.1, 0.15) is 5.75 Å². The second kappa shape index (κ2) is 5.74. The lowest BCUT2D eigenvalue weighted by Crippen LogP contribution is -2.33. The van der Waals surface area contributed by atoms with Gasteiger partial charge in [0.05, 0.1) is 12.7 Å². The molecule has 1 fully saturated rings. The Morgan fingerprint density at radius 2 is 2.28 bits per heavy atom. The lowest BCUT2D eigenvalue weighted by atomic mass is 10.1. The molecule has 1 aliphatic rings. The zero-order chi connectivity index (χ0) is 13.1. The van der Waals surface area contributed by atoms with Crippen LogP contribution < -0.4 is 10.1 Å². The van der Waals surface area contributed by atoms with Gasteiger partial charge in [-0.2, -0.15) is 0 Å². The van der Waals surface area contributed by atoms with Gasteiger partial charge in [0.2, 0.25) is 0 Å². The summed E-state index contributed by atoms with van der Waals surface area (Å²) in [6.07, 6.45) is 3.69. The van der Waals surface area contributed by atoms with Crippen molar-refractivity contribution in [3.05, 3.63) is 28.2 Å². The molecule has 0 saturated heterocycles. The SMILES string of the molecule is COc1cc(Br)ccc1C(=O)NC(C)CC1CC1. The van der Waals surface area contributed by atoms with Crippen LogP contribution in [0, 0.1) is 5.92 Å². The molecule has 1 atom stereocenters. The number of hydrogen-bond acceptors (Lipinski definition) is 2. The molecule has 0 spiro atoms. The maximum atomic E-state index is 12.1. The first kappa shape index (κ1) is 13.4. The number of carbonyl (C=O) groups excluding carboxylic acids is 1. The summed E-state index contributed by atoms with van der Waals surface area (Å²) in [5, 5.41) is 3.03. The molecule has 0 bridgehead atoms. The molecule has 3 nitrogen and oxygen atoms in total. The minimum Gasteiger partial charge on any atom is -0.496 e. The second-order valence-electron chi connectivity index (χ2n) is 4.90. The number of methoxy groups -OCH3 is 1. The van der Waals surface area contributed by atoms with Gasteiger partial charge in [-0.25, -0.2) is 0 Å². The number of rotatable bonds is 5. The van der Waals surface area contributed by atoms with E-state index in [0.29, 0.717) is 11.3 Å². The van der Waals surface area contributed by atoms with Crippen molar-refractivity contribution < 1.29 is 9.53 Å². The smallest absolute Gasteiger partial charge is 0.255 e. The summed E-state index contributed by atoms with van der Waals surface area (Å²) < 4.78 is 6.14. The third kappa shape index (κ3) is 3.48. The molecule has 2 rings (SSSR count). The van der Waals surface area contributed by atoms with Crippen LogP contribution in [0.3, 0.4) is 0 Å². The van der Waals surface area contributed by atoms with E-state index in [0.717, 1.165) is 16.8 Å². The van der Waals surface area contributed by atoms with Crippen molar-refractivity contribution >= 4 is 21.8 Å². The highest BCUT2D eigenvalue weighted by Gasteiger charge is 2.24. The van der Waals surface area contributed by atoms with Crippen molar-refractivity contribution in [1.29, 1.82) is 0 Å². The van der Waals surface area contributed by atoms with Crippen LogP contribution in [0.5, 0.6) is 5.75 Å². The topological polar surface area (TPSA) is 38.3 Å². The van der Waals surface area contributed by atoms with Crippen LogP contribution in [-0.4, -0.2) is 19.1 Å². The Labute approximate surface area is 116 Å². The van der Waals surface area contributed by atoms with E-state index in [4.69, 9.17) is 4.74 Å². The first-order valence-corrected chi connectivity index (χ1v) is 7.04. The first-order valence-electron chi connectivity index (χ1n) is 6.24. The molecule has 0 aliphatic heterocycles. The van der Waals surface area contributed by atoms with Gasteiger partial charge < -0.3 is 10.1 Å². The lowest BCUT2D eigenvalue weighted by Gasteiger charge is -2.15. The Morgan fingerprint density at radius 3 is 2.89 bits per heavy atom. The zero-order valence-electron chi connectivity index (χ0n) is 10.7. The molecule has 1 N–H and O–H groups in total. The van der Waals surface area contributed by atoms with Crippen molar-refractivity contribution in [2.75, 3.05) is 7.11 Å². The predicted molar refractivity (Wildman–Crippen MR) is 75.0 cm³/mol. The van der Waals surface area contributed by atoms with Gasteiger partial charge in [0, 0.05) is 10.5 Å². The number of benzene rings is 1. The average Bonchev–Trinajstić information content (AvgIpc) is 3.12. The summed E-state index contributed by atoms with van der Waals surface area (Å²) >= 11 is 3.37.